The highest BCUT2D eigenvalue weighted by Gasteiger charge is 2.26. The number of aryl methyl sites for hydroxylation is 1. The van der Waals surface area contributed by atoms with Crippen LogP contribution in [0.25, 0.3) is 11.0 Å². The van der Waals surface area contributed by atoms with Gasteiger partial charge < -0.3 is 14.5 Å². The molecule has 2 heterocycles. The van der Waals surface area contributed by atoms with Crippen molar-refractivity contribution in [2.45, 2.75) is 52.1 Å². The van der Waals surface area contributed by atoms with Crippen LogP contribution in [-0.2, 0) is 6.54 Å². The van der Waals surface area contributed by atoms with Gasteiger partial charge in [0.2, 0.25) is 0 Å². The lowest BCUT2D eigenvalue weighted by molar-refractivity contribution is 0.272. The number of hydrogen-bond donors (Lipinski definition) is 2. The molecule has 1 aliphatic carbocycles. The third kappa shape index (κ3) is 3.90. The maximum atomic E-state index is 11.9. The minimum Gasteiger partial charge on any atom is -0.492 e. The van der Waals surface area contributed by atoms with Crippen LogP contribution in [0.5, 0.6) is 5.75 Å². The van der Waals surface area contributed by atoms with E-state index >= 15 is 0 Å². The Kier molecular flexibility index (Phi) is 4.74. The van der Waals surface area contributed by atoms with Crippen molar-refractivity contribution in [2.24, 2.45) is 0 Å². The number of nitrogens with one attached hydrogen (secondary N) is 2. The predicted molar refractivity (Wildman–Crippen MR) is 104 cm³/mol. The number of ether oxygens (including phenoxy) is 1. The zero-order valence-corrected chi connectivity index (χ0v) is 16.0. The van der Waals surface area contributed by atoms with E-state index < -0.39 is 0 Å². The number of aromatic amines is 1. The summed E-state index contributed by atoms with van der Waals surface area (Å²) in [7, 11) is 0. The second kappa shape index (κ2) is 7.19. The van der Waals surface area contributed by atoms with Crippen molar-refractivity contribution in [2.75, 3.05) is 6.61 Å². The van der Waals surface area contributed by atoms with Crippen molar-refractivity contribution < 1.29 is 9.15 Å². The SMILES string of the molecule is Cc1c(C)c2ccc(OCC(C)NCc3cc(C4CC4)n[nH]3)cc2oc1=O. The van der Waals surface area contributed by atoms with E-state index in [-0.39, 0.29) is 11.7 Å². The molecule has 6 nitrogen and oxygen atoms in total. The van der Waals surface area contributed by atoms with Crippen molar-refractivity contribution in [3.63, 3.8) is 0 Å². The van der Waals surface area contributed by atoms with Gasteiger partial charge in [-0.1, -0.05) is 0 Å². The molecule has 1 aromatic carbocycles. The Morgan fingerprint density at radius 1 is 1.30 bits per heavy atom. The monoisotopic (exact) mass is 367 g/mol. The summed E-state index contributed by atoms with van der Waals surface area (Å²) in [6.07, 6.45) is 2.51. The first kappa shape index (κ1) is 17.8. The molecule has 1 unspecified atom stereocenters. The van der Waals surface area contributed by atoms with Crippen LogP contribution in [0.3, 0.4) is 0 Å². The molecular formula is C21H25N3O3. The highest BCUT2D eigenvalue weighted by molar-refractivity contribution is 5.82. The average Bonchev–Trinajstić information content (AvgIpc) is 3.41. The first-order valence-electron chi connectivity index (χ1n) is 9.45. The lowest BCUT2D eigenvalue weighted by Gasteiger charge is -2.15. The average molecular weight is 367 g/mol. The van der Waals surface area contributed by atoms with Crippen LogP contribution < -0.4 is 15.7 Å². The molecule has 1 fully saturated rings. The van der Waals surface area contributed by atoms with E-state index in [1.54, 1.807) is 13.0 Å². The van der Waals surface area contributed by atoms with Crippen molar-refractivity contribution >= 4 is 11.0 Å². The molecule has 0 radical (unpaired) electrons. The fraction of sp³-hybridized carbons (Fsp3) is 0.429. The van der Waals surface area contributed by atoms with Crippen LogP contribution in [0, 0.1) is 13.8 Å². The largest absolute Gasteiger partial charge is 0.492 e. The Hall–Kier alpha value is -2.60. The van der Waals surface area contributed by atoms with Crippen LogP contribution in [0.1, 0.15) is 48.2 Å². The van der Waals surface area contributed by atoms with Crippen molar-refractivity contribution in [3.8, 4) is 5.75 Å². The number of fused-ring (bicyclic) bond motifs is 1. The summed E-state index contributed by atoms with van der Waals surface area (Å²) in [6, 6.07) is 7.96. The van der Waals surface area contributed by atoms with Gasteiger partial charge in [-0.2, -0.15) is 5.10 Å². The zero-order valence-electron chi connectivity index (χ0n) is 16.0. The normalized spacial score (nSPS) is 15.2. The summed E-state index contributed by atoms with van der Waals surface area (Å²) >= 11 is 0. The van der Waals surface area contributed by atoms with Gasteiger partial charge in [0.15, 0.2) is 0 Å². The van der Waals surface area contributed by atoms with E-state index in [1.807, 2.05) is 19.1 Å². The Balaban J connectivity index is 1.34. The number of benzene rings is 1. The maximum Gasteiger partial charge on any atom is 0.339 e. The molecule has 0 saturated heterocycles. The van der Waals surface area contributed by atoms with Gasteiger partial charge in [0.25, 0.3) is 0 Å². The topological polar surface area (TPSA) is 80.2 Å². The van der Waals surface area contributed by atoms with Crippen LogP contribution in [0.2, 0.25) is 0 Å². The summed E-state index contributed by atoms with van der Waals surface area (Å²) in [6.45, 7) is 7.04. The molecule has 1 saturated carbocycles. The van der Waals surface area contributed by atoms with Gasteiger partial charge >= 0.3 is 5.63 Å². The van der Waals surface area contributed by atoms with Crippen molar-refractivity contribution in [1.82, 2.24) is 15.5 Å². The van der Waals surface area contributed by atoms with E-state index in [1.165, 1.54) is 18.5 Å². The van der Waals surface area contributed by atoms with Gasteiger partial charge in [0.05, 0.1) is 5.69 Å². The molecule has 6 heteroatoms. The molecule has 0 spiro atoms. The summed E-state index contributed by atoms with van der Waals surface area (Å²) < 4.78 is 11.3. The van der Waals surface area contributed by atoms with Crippen LogP contribution in [0.15, 0.2) is 33.5 Å². The van der Waals surface area contributed by atoms with E-state index in [9.17, 15) is 4.79 Å². The summed E-state index contributed by atoms with van der Waals surface area (Å²) in [5.74, 6) is 1.36. The zero-order chi connectivity index (χ0) is 19.0. The summed E-state index contributed by atoms with van der Waals surface area (Å²) in [5.41, 5.74) is 4.15. The Morgan fingerprint density at radius 3 is 2.89 bits per heavy atom. The van der Waals surface area contributed by atoms with Gasteiger partial charge in [0.1, 0.15) is 17.9 Å². The molecule has 1 atom stereocenters. The van der Waals surface area contributed by atoms with Gasteiger partial charge in [-0.05, 0) is 57.4 Å². The number of aromatic nitrogens is 2. The number of rotatable bonds is 7. The fourth-order valence-corrected chi connectivity index (χ4v) is 3.14. The van der Waals surface area contributed by atoms with Gasteiger partial charge in [-0.3, -0.25) is 5.10 Å². The van der Waals surface area contributed by atoms with Crippen LogP contribution in [0.4, 0.5) is 0 Å². The third-order valence-corrected chi connectivity index (χ3v) is 5.22. The molecule has 4 rings (SSSR count). The second-order valence-corrected chi connectivity index (χ2v) is 7.48. The molecular weight excluding hydrogens is 342 g/mol. The van der Waals surface area contributed by atoms with Gasteiger partial charge in [0, 0.05) is 41.2 Å². The first-order valence-corrected chi connectivity index (χ1v) is 9.45. The first-order chi connectivity index (χ1) is 13.0. The highest BCUT2D eigenvalue weighted by Crippen LogP contribution is 2.38. The van der Waals surface area contributed by atoms with E-state index in [0.29, 0.717) is 29.4 Å². The van der Waals surface area contributed by atoms with E-state index in [4.69, 9.17) is 9.15 Å². The molecule has 0 amide bonds. The molecule has 1 aliphatic rings. The summed E-state index contributed by atoms with van der Waals surface area (Å²) in [4.78, 5) is 11.9. The van der Waals surface area contributed by atoms with Crippen LogP contribution in [-0.4, -0.2) is 22.8 Å². The van der Waals surface area contributed by atoms with Gasteiger partial charge in [-0.25, -0.2) is 4.79 Å². The van der Waals surface area contributed by atoms with Gasteiger partial charge in [-0.15, -0.1) is 0 Å². The number of H-pyrrole nitrogens is 1. The van der Waals surface area contributed by atoms with E-state index in [0.717, 1.165) is 23.2 Å². The summed E-state index contributed by atoms with van der Waals surface area (Å²) in [5, 5.41) is 11.8. The molecule has 2 N–H and O–H groups in total. The highest BCUT2D eigenvalue weighted by atomic mass is 16.5. The Morgan fingerprint density at radius 2 is 2.11 bits per heavy atom. The molecule has 27 heavy (non-hydrogen) atoms. The maximum absolute atomic E-state index is 11.9. The standard InChI is InChI=1S/C21H25N3O3/c1-12(22-10-16-8-19(24-23-16)15-4-5-15)11-26-17-6-7-18-13(2)14(3)21(25)27-20(18)9-17/h6-9,12,15,22H,4-5,10-11H2,1-3H3,(H,23,24). The lowest BCUT2D eigenvalue weighted by atomic mass is 10.1. The van der Waals surface area contributed by atoms with Crippen LogP contribution >= 0.6 is 0 Å². The predicted octanol–water partition coefficient (Wildman–Crippen LogP) is 3.57. The smallest absolute Gasteiger partial charge is 0.339 e. The molecule has 0 aliphatic heterocycles. The second-order valence-electron chi connectivity index (χ2n) is 7.48. The minimum absolute atomic E-state index is 0.167. The minimum atomic E-state index is -0.294. The van der Waals surface area contributed by atoms with Crippen molar-refractivity contribution in [1.29, 1.82) is 0 Å². The number of nitrogens with zero attached hydrogens (tertiary/aromatic N) is 1. The Labute approximate surface area is 157 Å². The fourth-order valence-electron chi connectivity index (χ4n) is 3.14. The van der Waals surface area contributed by atoms with Crippen molar-refractivity contribution in [3.05, 3.63) is 57.2 Å². The molecule has 0 bridgehead atoms. The third-order valence-electron chi connectivity index (χ3n) is 5.22. The Bertz CT molecular complexity index is 1020. The molecule has 2 aromatic heterocycles. The van der Waals surface area contributed by atoms with E-state index in [2.05, 4.69) is 28.5 Å². The quantitative estimate of drug-likeness (QED) is 0.624. The lowest BCUT2D eigenvalue weighted by Crippen LogP contribution is -2.31. The number of hydrogen-bond acceptors (Lipinski definition) is 5. The molecule has 3 aromatic rings. The molecule has 142 valence electrons.